The largest absolute Gasteiger partial charge is 0.489 e. The van der Waals surface area contributed by atoms with E-state index in [1.54, 1.807) is 16.7 Å². The van der Waals surface area contributed by atoms with Crippen LogP contribution in [0.1, 0.15) is 22.8 Å². The minimum absolute atomic E-state index is 0.00420. The summed E-state index contributed by atoms with van der Waals surface area (Å²) >= 11 is 0. The molecule has 130 valence electrons. The highest BCUT2D eigenvalue weighted by atomic mass is 16.5. The van der Waals surface area contributed by atoms with Gasteiger partial charge in [0.15, 0.2) is 0 Å². The van der Waals surface area contributed by atoms with Crippen molar-refractivity contribution in [3.05, 3.63) is 65.7 Å². The smallest absolute Gasteiger partial charge is 0.254 e. The molecule has 2 amide bonds. The predicted octanol–water partition coefficient (Wildman–Crippen LogP) is 2.57. The second kappa shape index (κ2) is 7.83. The quantitative estimate of drug-likeness (QED) is 0.861. The number of hydrogen-bond donors (Lipinski definition) is 0. The fourth-order valence-electron chi connectivity index (χ4n) is 2.93. The van der Waals surface area contributed by atoms with Gasteiger partial charge >= 0.3 is 0 Å². The van der Waals surface area contributed by atoms with Gasteiger partial charge in [-0.1, -0.05) is 36.4 Å². The molecular weight excluding hydrogens is 316 g/mol. The number of carbonyl (C=O) groups excluding carboxylic acids is 2. The summed E-state index contributed by atoms with van der Waals surface area (Å²) in [4.78, 5) is 27.9. The molecule has 25 heavy (non-hydrogen) atoms. The van der Waals surface area contributed by atoms with Gasteiger partial charge in [0.2, 0.25) is 5.91 Å². The lowest BCUT2D eigenvalue weighted by Crippen LogP contribution is -2.50. The summed E-state index contributed by atoms with van der Waals surface area (Å²) in [5, 5.41) is 0. The maximum atomic E-state index is 12.9. The highest BCUT2D eigenvalue weighted by Crippen LogP contribution is 2.17. The van der Waals surface area contributed by atoms with Crippen LogP contribution in [0.4, 0.5) is 0 Å². The van der Waals surface area contributed by atoms with Gasteiger partial charge in [-0.2, -0.15) is 0 Å². The average molecular weight is 338 g/mol. The summed E-state index contributed by atoms with van der Waals surface area (Å²) in [6.45, 7) is 4.21. The molecule has 0 unspecified atom stereocenters. The van der Waals surface area contributed by atoms with E-state index in [-0.39, 0.29) is 11.8 Å². The fourth-order valence-corrected chi connectivity index (χ4v) is 2.93. The molecule has 2 aromatic carbocycles. The molecule has 1 aliphatic heterocycles. The van der Waals surface area contributed by atoms with Crippen molar-refractivity contribution in [3.8, 4) is 5.75 Å². The van der Waals surface area contributed by atoms with Crippen molar-refractivity contribution in [3.63, 3.8) is 0 Å². The summed E-state index contributed by atoms with van der Waals surface area (Å²) < 4.78 is 5.80. The summed E-state index contributed by atoms with van der Waals surface area (Å²) in [5.74, 6) is 0.832. The Morgan fingerprint density at radius 1 is 0.880 bits per heavy atom. The number of amides is 2. The van der Waals surface area contributed by atoms with Gasteiger partial charge in [-0.15, -0.1) is 0 Å². The molecule has 3 rings (SSSR count). The molecule has 0 N–H and O–H groups in total. The Kier molecular flexibility index (Phi) is 5.33. The highest BCUT2D eigenvalue weighted by molar-refractivity contribution is 5.95. The topological polar surface area (TPSA) is 49.9 Å². The molecule has 1 heterocycles. The van der Waals surface area contributed by atoms with Crippen molar-refractivity contribution < 1.29 is 14.3 Å². The van der Waals surface area contributed by atoms with E-state index in [4.69, 9.17) is 4.74 Å². The molecule has 0 spiro atoms. The first-order valence-electron chi connectivity index (χ1n) is 8.45. The first kappa shape index (κ1) is 17.0. The Bertz CT molecular complexity index is 738. The molecule has 0 aromatic heterocycles. The number of para-hydroxylation sites is 1. The van der Waals surface area contributed by atoms with Crippen molar-refractivity contribution >= 4 is 11.8 Å². The number of rotatable bonds is 4. The van der Waals surface area contributed by atoms with Gasteiger partial charge in [0.1, 0.15) is 12.4 Å². The van der Waals surface area contributed by atoms with Crippen molar-refractivity contribution in [2.24, 2.45) is 0 Å². The minimum Gasteiger partial charge on any atom is -0.489 e. The molecule has 2 aromatic rings. The standard InChI is InChI=1S/C20H22N2O3/c1-16(23)21-11-13-22(14-12-21)20(24)19-10-6-5-7-17(19)15-25-18-8-3-2-4-9-18/h2-10H,11-15H2,1H3. The molecule has 0 radical (unpaired) electrons. The van der Waals surface area contributed by atoms with Gasteiger partial charge in [-0.25, -0.2) is 0 Å². The van der Waals surface area contributed by atoms with E-state index in [1.165, 1.54) is 0 Å². The van der Waals surface area contributed by atoms with Crippen LogP contribution in [0.3, 0.4) is 0 Å². The average Bonchev–Trinajstić information content (AvgIpc) is 2.67. The first-order valence-corrected chi connectivity index (χ1v) is 8.45. The lowest BCUT2D eigenvalue weighted by molar-refractivity contribution is -0.130. The molecule has 1 saturated heterocycles. The van der Waals surface area contributed by atoms with Crippen LogP contribution in [0.15, 0.2) is 54.6 Å². The second-order valence-electron chi connectivity index (χ2n) is 6.06. The summed E-state index contributed by atoms with van der Waals surface area (Å²) in [7, 11) is 0. The molecule has 0 bridgehead atoms. The second-order valence-corrected chi connectivity index (χ2v) is 6.06. The number of carbonyl (C=O) groups is 2. The highest BCUT2D eigenvalue weighted by Gasteiger charge is 2.24. The summed E-state index contributed by atoms with van der Waals surface area (Å²) in [6.07, 6.45) is 0. The summed E-state index contributed by atoms with van der Waals surface area (Å²) in [5.41, 5.74) is 1.53. The minimum atomic E-state index is -0.00420. The van der Waals surface area contributed by atoms with E-state index in [0.717, 1.165) is 11.3 Å². The van der Waals surface area contributed by atoms with Crippen molar-refractivity contribution in [2.75, 3.05) is 26.2 Å². The van der Waals surface area contributed by atoms with E-state index in [0.29, 0.717) is 38.3 Å². The van der Waals surface area contributed by atoms with Gasteiger partial charge in [-0.3, -0.25) is 9.59 Å². The van der Waals surface area contributed by atoms with Gasteiger partial charge in [0.05, 0.1) is 0 Å². The number of ether oxygens (including phenoxy) is 1. The van der Waals surface area contributed by atoms with Gasteiger partial charge in [-0.05, 0) is 18.2 Å². The van der Waals surface area contributed by atoms with Gasteiger partial charge in [0, 0.05) is 44.2 Å². The van der Waals surface area contributed by atoms with Crippen LogP contribution < -0.4 is 4.74 Å². The van der Waals surface area contributed by atoms with Crippen LogP contribution in [-0.2, 0) is 11.4 Å². The van der Waals surface area contributed by atoms with Crippen LogP contribution >= 0.6 is 0 Å². The Morgan fingerprint density at radius 3 is 2.16 bits per heavy atom. The monoisotopic (exact) mass is 338 g/mol. The Balaban J connectivity index is 1.68. The number of piperazine rings is 1. The predicted molar refractivity (Wildman–Crippen MR) is 95.4 cm³/mol. The van der Waals surface area contributed by atoms with E-state index < -0.39 is 0 Å². The van der Waals surface area contributed by atoms with Crippen LogP contribution in [-0.4, -0.2) is 47.8 Å². The number of benzene rings is 2. The Morgan fingerprint density at radius 2 is 1.48 bits per heavy atom. The lowest BCUT2D eigenvalue weighted by atomic mass is 10.1. The fraction of sp³-hybridized carbons (Fsp3) is 0.300. The van der Waals surface area contributed by atoms with Gasteiger partial charge < -0.3 is 14.5 Å². The first-order chi connectivity index (χ1) is 12.1. The molecule has 1 aliphatic rings. The zero-order valence-electron chi connectivity index (χ0n) is 14.4. The van der Waals surface area contributed by atoms with Crippen LogP contribution in [0, 0.1) is 0 Å². The number of hydrogen-bond acceptors (Lipinski definition) is 3. The van der Waals surface area contributed by atoms with Crippen LogP contribution in [0.5, 0.6) is 5.75 Å². The molecule has 5 nitrogen and oxygen atoms in total. The lowest BCUT2D eigenvalue weighted by Gasteiger charge is -2.34. The molecule has 0 saturated carbocycles. The molecule has 0 atom stereocenters. The van der Waals surface area contributed by atoms with Crippen molar-refractivity contribution in [2.45, 2.75) is 13.5 Å². The molecule has 1 fully saturated rings. The van der Waals surface area contributed by atoms with Crippen LogP contribution in [0.2, 0.25) is 0 Å². The van der Waals surface area contributed by atoms with Crippen molar-refractivity contribution in [1.29, 1.82) is 0 Å². The molecular formula is C20H22N2O3. The Labute approximate surface area is 147 Å². The van der Waals surface area contributed by atoms with Crippen LogP contribution in [0.25, 0.3) is 0 Å². The Hall–Kier alpha value is -2.82. The molecule has 0 aliphatic carbocycles. The van der Waals surface area contributed by atoms with E-state index in [2.05, 4.69) is 0 Å². The van der Waals surface area contributed by atoms with Gasteiger partial charge in [0.25, 0.3) is 5.91 Å². The third-order valence-corrected chi connectivity index (χ3v) is 4.40. The molecule has 5 heteroatoms. The summed E-state index contributed by atoms with van der Waals surface area (Å²) in [6, 6.07) is 17.1. The van der Waals surface area contributed by atoms with Crippen molar-refractivity contribution in [1.82, 2.24) is 9.80 Å². The third-order valence-electron chi connectivity index (χ3n) is 4.40. The third kappa shape index (κ3) is 4.18. The maximum Gasteiger partial charge on any atom is 0.254 e. The number of nitrogens with zero attached hydrogens (tertiary/aromatic N) is 2. The maximum absolute atomic E-state index is 12.9. The zero-order chi connectivity index (χ0) is 17.6. The normalized spacial score (nSPS) is 14.3. The van der Waals surface area contributed by atoms with E-state index >= 15 is 0 Å². The SMILES string of the molecule is CC(=O)N1CCN(C(=O)c2ccccc2COc2ccccc2)CC1. The van der Waals surface area contributed by atoms with E-state index in [1.807, 2.05) is 54.6 Å². The zero-order valence-corrected chi connectivity index (χ0v) is 14.4. The van der Waals surface area contributed by atoms with E-state index in [9.17, 15) is 9.59 Å².